The van der Waals surface area contributed by atoms with Gasteiger partial charge in [0.05, 0.1) is 30.8 Å². The Bertz CT molecular complexity index is 727. The lowest BCUT2D eigenvalue weighted by Gasteiger charge is -2.11. The molecule has 1 aromatic carbocycles. The van der Waals surface area contributed by atoms with Gasteiger partial charge in [-0.25, -0.2) is 4.68 Å². The van der Waals surface area contributed by atoms with Gasteiger partial charge in [0.1, 0.15) is 6.61 Å². The zero-order valence-corrected chi connectivity index (χ0v) is 13.4. The number of aromatic nitrogens is 2. The summed E-state index contributed by atoms with van der Waals surface area (Å²) in [6.45, 7) is 3.31. The number of carbonyl (C=O) groups excluding carboxylic acids is 1. The molecule has 7 nitrogen and oxygen atoms in total. The standard InChI is InChI=1S/C16H21N3O4/c1-3-23-11-15(20)17-10-14-12-6-4-5-7-13(12)16(21)19(18-14)8-9-22-2/h4-7H,3,8-11H2,1-2H3,(H,17,20). The second-order valence-electron chi connectivity index (χ2n) is 4.93. The summed E-state index contributed by atoms with van der Waals surface area (Å²) in [7, 11) is 1.57. The van der Waals surface area contributed by atoms with Crippen molar-refractivity contribution in [3.05, 3.63) is 40.3 Å². The number of nitrogens with zero attached hydrogens (tertiary/aromatic N) is 2. The van der Waals surface area contributed by atoms with Gasteiger partial charge in [-0.15, -0.1) is 0 Å². The van der Waals surface area contributed by atoms with Crippen molar-refractivity contribution < 1.29 is 14.3 Å². The van der Waals surface area contributed by atoms with Crippen LogP contribution >= 0.6 is 0 Å². The van der Waals surface area contributed by atoms with Gasteiger partial charge >= 0.3 is 0 Å². The van der Waals surface area contributed by atoms with Crippen LogP contribution in [0.2, 0.25) is 0 Å². The van der Waals surface area contributed by atoms with E-state index in [9.17, 15) is 9.59 Å². The van der Waals surface area contributed by atoms with E-state index in [-0.39, 0.29) is 24.6 Å². The van der Waals surface area contributed by atoms with Gasteiger partial charge in [0.15, 0.2) is 0 Å². The summed E-state index contributed by atoms with van der Waals surface area (Å²) in [5, 5.41) is 8.43. The number of rotatable bonds is 8. The molecule has 0 atom stereocenters. The van der Waals surface area contributed by atoms with E-state index in [4.69, 9.17) is 9.47 Å². The first-order chi connectivity index (χ1) is 11.2. The van der Waals surface area contributed by atoms with Gasteiger partial charge in [-0.05, 0) is 13.0 Å². The molecule has 0 fully saturated rings. The van der Waals surface area contributed by atoms with Crippen LogP contribution in [0.25, 0.3) is 10.8 Å². The molecule has 1 N–H and O–H groups in total. The zero-order valence-electron chi connectivity index (χ0n) is 13.4. The first kappa shape index (κ1) is 17.1. The number of methoxy groups -OCH3 is 1. The van der Waals surface area contributed by atoms with Crippen molar-refractivity contribution in [2.75, 3.05) is 26.9 Å². The van der Waals surface area contributed by atoms with Gasteiger partial charge < -0.3 is 14.8 Å². The average Bonchev–Trinajstić information content (AvgIpc) is 2.58. The molecule has 2 aromatic rings. The number of nitrogens with one attached hydrogen (secondary N) is 1. The number of carbonyl (C=O) groups is 1. The van der Waals surface area contributed by atoms with E-state index in [1.807, 2.05) is 25.1 Å². The molecule has 124 valence electrons. The molecule has 0 saturated heterocycles. The summed E-state index contributed by atoms with van der Waals surface area (Å²) in [5.74, 6) is -0.215. The number of hydrogen-bond donors (Lipinski definition) is 1. The van der Waals surface area contributed by atoms with Crippen LogP contribution in [0.3, 0.4) is 0 Å². The summed E-state index contributed by atoms with van der Waals surface area (Å²) in [5.41, 5.74) is 0.475. The average molecular weight is 319 g/mol. The minimum atomic E-state index is -0.215. The summed E-state index contributed by atoms with van der Waals surface area (Å²) >= 11 is 0. The maximum atomic E-state index is 12.4. The lowest BCUT2D eigenvalue weighted by molar-refractivity contribution is -0.125. The molecule has 0 spiro atoms. The van der Waals surface area contributed by atoms with Crippen LogP contribution in [0.15, 0.2) is 29.1 Å². The fourth-order valence-corrected chi connectivity index (χ4v) is 2.19. The fourth-order valence-electron chi connectivity index (χ4n) is 2.19. The van der Waals surface area contributed by atoms with E-state index in [0.29, 0.717) is 30.8 Å². The molecule has 1 amide bonds. The highest BCUT2D eigenvalue weighted by Gasteiger charge is 2.11. The van der Waals surface area contributed by atoms with E-state index < -0.39 is 0 Å². The molecule has 1 aromatic heterocycles. The molecule has 0 aliphatic rings. The van der Waals surface area contributed by atoms with Crippen molar-refractivity contribution in [2.45, 2.75) is 20.0 Å². The van der Waals surface area contributed by atoms with Crippen LogP contribution in [-0.4, -0.2) is 42.6 Å². The highest BCUT2D eigenvalue weighted by molar-refractivity contribution is 5.84. The second-order valence-corrected chi connectivity index (χ2v) is 4.93. The molecule has 0 saturated carbocycles. The summed E-state index contributed by atoms with van der Waals surface area (Å²) < 4.78 is 11.4. The highest BCUT2D eigenvalue weighted by Crippen LogP contribution is 2.13. The summed E-state index contributed by atoms with van der Waals surface area (Å²) in [6.07, 6.45) is 0. The maximum absolute atomic E-state index is 12.4. The molecule has 0 aliphatic carbocycles. The van der Waals surface area contributed by atoms with E-state index in [0.717, 1.165) is 5.39 Å². The van der Waals surface area contributed by atoms with E-state index in [2.05, 4.69) is 10.4 Å². The molecular weight excluding hydrogens is 298 g/mol. The topological polar surface area (TPSA) is 82.4 Å². The lowest BCUT2D eigenvalue weighted by Crippen LogP contribution is -2.31. The van der Waals surface area contributed by atoms with E-state index in [1.54, 1.807) is 13.2 Å². The highest BCUT2D eigenvalue weighted by atomic mass is 16.5. The number of fused-ring (bicyclic) bond motifs is 1. The largest absolute Gasteiger partial charge is 0.383 e. The summed E-state index contributed by atoms with van der Waals surface area (Å²) in [6, 6.07) is 7.24. The monoisotopic (exact) mass is 319 g/mol. The SMILES string of the molecule is CCOCC(=O)NCc1nn(CCOC)c(=O)c2ccccc12. The molecular formula is C16H21N3O4. The molecule has 7 heteroatoms. The third-order valence-electron chi connectivity index (χ3n) is 3.34. The molecule has 23 heavy (non-hydrogen) atoms. The predicted molar refractivity (Wildman–Crippen MR) is 86.2 cm³/mol. The number of amides is 1. The Hall–Kier alpha value is -2.25. The van der Waals surface area contributed by atoms with Crippen molar-refractivity contribution in [2.24, 2.45) is 0 Å². The minimum Gasteiger partial charge on any atom is -0.383 e. The van der Waals surface area contributed by atoms with Crippen molar-refractivity contribution in [3.8, 4) is 0 Å². The quantitative estimate of drug-likeness (QED) is 0.774. The Balaban J connectivity index is 2.28. The Morgan fingerprint density at radius 1 is 1.30 bits per heavy atom. The number of ether oxygens (including phenoxy) is 2. The Morgan fingerprint density at radius 2 is 2.04 bits per heavy atom. The van der Waals surface area contributed by atoms with Crippen molar-refractivity contribution in [1.29, 1.82) is 0 Å². The van der Waals surface area contributed by atoms with Crippen LogP contribution in [0.1, 0.15) is 12.6 Å². The van der Waals surface area contributed by atoms with Crippen molar-refractivity contribution in [3.63, 3.8) is 0 Å². The molecule has 0 unspecified atom stereocenters. The van der Waals surface area contributed by atoms with Crippen molar-refractivity contribution in [1.82, 2.24) is 15.1 Å². The van der Waals surface area contributed by atoms with Crippen LogP contribution in [0.4, 0.5) is 0 Å². The fraction of sp³-hybridized carbons (Fsp3) is 0.438. The van der Waals surface area contributed by atoms with Gasteiger partial charge in [-0.3, -0.25) is 9.59 Å². The third-order valence-corrected chi connectivity index (χ3v) is 3.34. The normalized spacial score (nSPS) is 10.9. The van der Waals surface area contributed by atoms with Gasteiger partial charge in [-0.2, -0.15) is 5.10 Å². The molecule has 0 aliphatic heterocycles. The van der Waals surface area contributed by atoms with Gasteiger partial charge in [0, 0.05) is 19.1 Å². The van der Waals surface area contributed by atoms with Crippen LogP contribution < -0.4 is 10.9 Å². The molecule has 2 rings (SSSR count). The van der Waals surface area contributed by atoms with Gasteiger partial charge in [-0.1, -0.05) is 18.2 Å². The number of hydrogen-bond acceptors (Lipinski definition) is 5. The first-order valence-corrected chi connectivity index (χ1v) is 7.49. The van der Waals surface area contributed by atoms with Gasteiger partial charge in [0.25, 0.3) is 5.56 Å². The Kier molecular flexibility index (Phi) is 6.25. The predicted octanol–water partition coefficient (Wildman–Crippen LogP) is 0.696. The Labute approximate surface area is 134 Å². The smallest absolute Gasteiger partial charge is 0.274 e. The lowest BCUT2D eigenvalue weighted by atomic mass is 10.1. The van der Waals surface area contributed by atoms with E-state index in [1.165, 1.54) is 4.68 Å². The van der Waals surface area contributed by atoms with Crippen molar-refractivity contribution >= 4 is 16.7 Å². The molecule has 0 radical (unpaired) electrons. The van der Waals surface area contributed by atoms with Gasteiger partial charge in [0.2, 0.25) is 5.91 Å². The zero-order chi connectivity index (χ0) is 16.7. The third kappa shape index (κ3) is 4.37. The first-order valence-electron chi connectivity index (χ1n) is 7.49. The maximum Gasteiger partial charge on any atom is 0.274 e. The second kappa shape index (κ2) is 8.40. The van der Waals surface area contributed by atoms with Crippen LogP contribution in [0.5, 0.6) is 0 Å². The van der Waals surface area contributed by atoms with E-state index >= 15 is 0 Å². The Morgan fingerprint density at radius 3 is 2.74 bits per heavy atom. The minimum absolute atomic E-state index is 0.0117. The summed E-state index contributed by atoms with van der Waals surface area (Å²) in [4.78, 5) is 24.1. The van der Waals surface area contributed by atoms with Crippen LogP contribution in [0, 0.1) is 0 Å². The molecule has 1 heterocycles. The van der Waals surface area contributed by atoms with Crippen LogP contribution in [-0.2, 0) is 27.4 Å². The molecule has 0 bridgehead atoms. The number of benzene rings is 1.